The predicted molar refractivity (Wildman–Crippen MR) is 63.7 cm³/mol. The van der Waals surface area contributed by atoms with Gasteiger partial charge in [0.25, 0.3) is 0 Å². The van der Waals surface area contributed by atoms with E-state index in [1.807, 2.05) is 6.07 Å². The first-order valence-electron chi connectivity index (χ1n) is 4.53. The lowest BCUT2D eigenvalue weighted by molar-refractivity contribution is -0.118. The van der Waals surface area contributed by atoms with E-state index in [1.54, 1.807) is 0 Å². The predicted octanol–water partition coefficient (Wildman–Crippen LogP) is -0.228. The van der Waals surface area contributed by atoms with E-state index in [0.29, 0.717) is 5.16 Å². The Balaban J connectivity index is 2.54. The van der Waals surface area contributed by atoms with Crippen LogP contribution in [0.1, 0.15) is 5.56 Å². The van der Waals surface area contributed by atoms with Crippen LogP contribution >= 0.6 is 11.8 Å². The number of rotatable bonds is 4. The first-order chi connectivity index (χ1) is 8.17. The molecule has 1 heterocycles. The Labute approximate surface area is 103 Å². The van der Waals surface area contributed by atoms with Gasteiger partial charge in [-0.25, -0.2) is 9.97 Å². The molecule has 3 N–H and O–H groups in total. The largest absolute Gasteiger partial charge is 0.382 e. The summed E-state index contributed by atoms with van der Waals surface area (Å²) in [5, 5.41) is 11.5. The molecule has 0 saturated carbocycles. The van der Waals surface area contributed by atoms with E-state index in [-0.39, 0.29) is 29.6 Å². The van der Waals surface area contributed by atoms with Crippen molar-refractivity contribution in [3.8, 4) is 18.4 Å². The molecular formula is C10H9N5OS. The molecule has 0 saturated heterocycles. The zero-order valence-electron chi connectivity index (χ0n) is 8.80. The van der Waals surface area contributed by atoms with Gasteiger partial charge in [0.15, 0.2) is 5.16 Å². The number of terminal acetylenes is 1. The molecule has 6 nitrogen and oxygen atoms in total. The van der Waals surface area contributed by atoms with Crippen LogP contribution in [-0.4, -0.2) is 28.2 Å². The van der Waals surface area contributed by atoms with Crippen LogP contribution in [0.4, 0.5) is 5.82 Å². The maximum atomic E-state index is 11.2. The third-order valence-corrected chi connectivity index (χ3v) is 2.50. The quantitative estimate of drug-likeness (QED) is 0.432. The Morgan fingerprint density at radius 3 is 3.06 bits per heavy atom. The summed E-state index contributed by atoms with van der Waals surface area (Å²) in [6.45, 7) is 0.190. The van der Waals surface area contributed by atoms with Crippen LogP contribution in [0, 0.1) is 23.7 Å². The fraction of sp³-hybridized carbons (Fsp3) is 0.200. The van der Waals surface area contributed by atoms with Crippen LogP contribution in [0.15, 0.2) is 11.4 Å². The second-order valence-electron chi connectivity index (χ2n) is 2.83. The van der Waals surface area contributed by atoms with Crippen LogP contribution in [0.2, 0.25) is 0 Å². The number of thioether (sulfide) groups is 1. The van der Waals surface area contributed by atoms with Crippen LogP contribution in [-0.2, 0) is 4.79 Å². The highest BCUT2D eigenvalue weighted by Gasteiger charge is 2.06. The second kappa shape index (κ2) is 6.36. The molecule has 1 amide bonds. The number of aromatic nitrogens is 2. The van der Waals surface area contributed by atoms with Gasteiger partial charge in [0.2, 0.25) is 5.91 Å². The zero-order valence-corrected chi connectivity index (χ0v) is 9.62. The Morgan fingerprint density at radius 2 is 2.47 bits per heavy atom. The standard InChI is InChI=1S/C10H9N5OS/c1-2-3-13-8(16)6-17-10-14-5-7(4-11)9(12)15-10/h1,5H,3,6H2,(H,13,16)(H2,12,14,15). The van der Waals surface area contributed by atoms with Crippen molar-refractivity contribution in [3.05, 3.63) is 11.8 Å². The number of nitrogen functional groups attached to an aromatic ring is 1. The van der Waals surface area contributed by atoms with E-state index in [2.05, 4.69) is 21.2 Å². The third-order valence-electron chi connectivity index (χ3n) is 1.64. The molecule has 17 heavy (non-hydrogen) atoms. The molecule has 1 rings (SSSR count). The molecule has 0 fully saturated rings. The third kappa shape index (κ3) is 4.01. The molecule has 0 aliphatic rings. The van der Waals surface area contributed by atoms with Gasteiger partial charge in [-0.05, 0) is 0 Å². The van der Waals surface area contributed by atoms with Crippen LogP contribution < -0.4 is 11.1 Å². The summed E-state index contributed by atoms with van der Waals surface area (Å²) in [6, 6.07) is 1.85. The Bertz CT molecular complexity index is 502. The molecule has 1 aromatic rings. The maximum absolute atomic E-state index is 11.2. The first-order valence-corrected chi connectivity index (χ1v) is 5.51. The molecule has 0 aromatic carbocycles. The number of amides is 1. The summed E-state index contributed by atoms with van der Waals surface area (Å²) >= 11 is 1.12. The summed E-state index contributed by atoms with van der Waals surface area (Å²) in [4.78, 5) is 19.0. The van der Waals surface area contributed by atoms with Crippen LogP contribution in [0.25, 0.3) is 0 Å². The van der Waals surface area contributed by atoms with Crippen molar-refractivity contribution in [2.75, 3.05) is 18.0 Å². The number of nitriles is 1. The Morgan fingerprint density at radius 1 is 1.71 bits per heavy atom. The maximum Gasteiger partial charge on any atom is 0.231 e. The van der Waals surface area contributed by atoms with Crippen molar-refractivity contribution in [1.29, 1.82) is 5.26 Å². The fourth-order valence-corrected chi connectivity index (χ4v) is 1.52. The van der Waals surface area contributed by atoms with Crippen molar-refractivity contribution < 1.29 is 4.79 Å². The van der Waals surface area contributed by atoms with Crippen molar-refractivity contribution in [3.63, 3.8) is 0 Å². The number of anilines is 1. The second-order valence-corrected chi connectivity index (χ2v) is 3.78. The molecular weight excluding hydrogens is 238 g/mol. The van der Waals surface area contributed by atoms with Gasteiger partial charge in [-0.3, -0.25) is 4.79 Å². The van der Waals surface area contributed by atoms with Crippen molar-refractivity contribution in [2.45, 2.75) is 5.16 Å². The Kier molecular flexibility index (Phi) is 4.79. The van der Waals surface area contributed by atoms with Gasteiger partial charge in [0, 0.05) is 0 Å². The summed E-state index contributed by atoms with van der Waals surface area (Å²) < 4.78 is 0. The van der Waals surface area contributed by atoms with E-state index in [4.69, 9.17) is 17.4 Å². The summed E-state index contributed by atoms with van der Waals surface area (Å²) in [5.74, 6) is 2.34. The van der Waals surface area contributed by atoms with Gasteiger partial charge in [-0.2, -0.15) is 5.26 Å². The zero-order chi connectivity index (χ0) is 12.7. The number of nitrogens with two attached hydrogens (primary N) is 1. The average molecular weight is 247 g/mol. The molecule has 1 aromatic heterocycles. The minimum Gasteiger partial charge on any atom is -0.382 e. The number of hydrogen-bond donors (Lipinski definition) is 2. The van der Waals surface area contributed by atoms with E-state index >= 15 is 0 Å². The molecule has 86 valence electrons. The smallest absolute Gasteiger partial charge is 0.231 e. The molecule has 0 spiro atoms. The SMILES string of the molecule is C#CCNC(=O)CSc1ncc(C#N)c(N)n1. The highest BCUT2D eigenvalue weighted by atomic mass is 32.2. The molecule has 0 unspecified atom stereocenters. The Hall–Kier alpha value is -2.25. The van der Waals surface area contributed by atoms with Crippen LogP contribution in [0.3, 0.4) is 0 Å². The lowest BCUT2D eigenvalue weighted by atomic mass is 10.3. The summed E-state index contributed by atoms with van der Waals surface area (Å²) in [5.41, 5.74) is 5.72. The molecule has 0 bridgehead atoms. The van der Waals surface area contributed by atoms with Crippen molar-refractivity contribution in [1.82, 2.24) is 15.3 Å². The number of nitrogens with zero attached hydrogens (tertiary/aromatic N) is 3. The van der Waals surface area contributed by atoms with Gasteiger partial charge < -0.3 is 11.1 Å². The van der Waals surface area contributed by atoms with Gasteiger partial charge in [-0.15, -0.1) is 6.42 Å². The van der Waals surface area contributed by atoms with E-state index in [9.17, 15) is 4.79 Å². The number of carbonyl (C=O) groups excluding carboxylic acids is 1. The molecule has 0 aliphatic carbocycles. The van der Waals surface area contributed by atoms with Gasteiger partial charge in [0.05, 0.1) is 18.5 Å². The van der Waals surface area contributed by atoms with Gasteiger partial charge in [0.1, 0.15) is 17.5 Å². The molecule has 0 radical (unpaired) electrons. The van der Waals surface area contributed by atoms with Gasteiger partial charge in [-0.1, -0.05) is 17.7 Å². The van der Waals surface area contributed by atoms with Crippen LogP contribution in [0.5, 0.6) is 0 Å². The van der Waals surface area contributed by atoms with Crippen molar-refractivity contribution in [2.24, 2.45) is 0 Å². The molecule has 0 aliphatic heterocycles. The lowest BCUT2D eigenvalue weighted by Gasteiger charge is -2.02. The molecule has 0 atom stereocenters. The fourth-order valence-electron chi connectivity index (χ4n) is 0.864. The minimum atomic E-state index is -0.209. The normalized spacial score (nSPS) is 9.06. The number of hydrogen-bond acceptors (Lipinski definition) is 6. The van der Waals surface area contributed by atoms with E-state index < -0.39 is 0 Å². The van der Waals surface area contributed by atoms with Crippen molar-refractivity contribution >= 4 is 23.5 Å². The van der Waals surface area contributed by atoms with E-state index in [0.717, 1.165) is 11.8 Å². The number of carbonyl (C=O) groups is 1. The summed E-state index contributed by atoms with van der Waals surface area (Å²) in [7, 11) is 0. The number of nitrogens with one attached hydrogen (secondary N) is 1. The van der Waals surface area contributed by atoms with E-state index in [1.165, 1.54) is 6.20 Å². The topological polar surface area (TPSA) is 105 Å². The average Bonchev–Trinajstić information content (AvgIpc) is 2.34. The first kappa shape index (κ1) is 12.8. The summed E-state index contributed by atoms with van der Waals surface area (Å²) in [6.07, 6.45) is 6.32. The molecule has 7 heteroatoms. The lowest BCUT2D eigenvalue weighted by Crippen LogP contribution is -2.25. The minimum absolute atomic E-state index is 0.106. The van der Waals surface area contributed by atoms with Gasteiger partial charge >= 0.3 is 0 Å². The highest BCUT2D eigenvalue weighted by molar-refractivity contribution is 7.99. The monoisotopic (exact) mass is 247 g/mol. The highest BCUT2D eigenvalue weighted by Crippen LogP contribution is 2.15.